The third kappa shape index (κ3) is 2.57. The molecule has 0 spiro atoms. The molecule has 3 rings (SSSR count). The molecular formula is C15H29N3S. The van der Waals surface area contributed by atoms with Crippen molar-refractivity contribution >= 4 is 11.8 Å². The van der Waals surface area contributed by atoms with Gasteiger partial charge in [-0.15, -0.1) is 0 Å². The van der Waals surface area contributed by atoms with Crippen molar-refractivity contribution in [1.29, 1.82) is 0 Å². The lowest BCUT2D eigenvalue weighted by Crippen LogP contribution is -2.67. The normalized spacial score (nSPS) is 42.0. The first-order valence-electron chi connectivity index (χ1n) is 8.07. The zero-order chi connectivity index (χ0) is 13.3. The summed E-state index contributed by atoms with van der Waals surface area (Å²) >= 11 is 2.14. The first-order valence-corrected chi connectivity index (χ1v) is 9.12. The van der Waals surface area contributed by atoms with Crippen LogP contribution in [0.15, 0.2) is 0 Å². The van der Waals surface area contributed by atoms with Crippen LogP contribution in [0.25, 0.3) is 0 Å². The summed E-state index contributed by atoms with van der Waals surface area (Å²) in [6.45, 7) is 8.35. The number of thioether (sulfide) groups is 1. The molecular weight excluding hydrogens is 254 g/mol. The minimum Gasteiger partial charge on any atom is -0.329 e. The Morgan fingerprint density at radius 1 is 1.21 bits per heavy atom. The van der Waals surface area contributed by atoms with Gasteiger partial charge in [0.2, 0.25) is 0 Å². The van der Waals surface area contributed by atoms with Crippen molar-refractivity contribution in [2.75, 3.05) is 38.5 Å². The molecule has 3 unspecified atom stereocenters. The van der Waals surface area contributed by atoms with E-state index in [0.29, 0.717) is 5.25 Å². The molecule has 0 aliphatic carbocycles. The predicted molar refractivity (Wildman–Crippen MR) is 83.7 cm³/mol. The van der Waals surface area contributed by atoms with E-state index >= 15 is 0 Å². The van der Waals surface area contributed by atoms with Crippen molar-refractivity contribution in [3.63, 3.8) is 0 Å². The summed E-state index contributed by atoms with van der Waals surface area (Å²) in [5.41, 5.74) is 6.54. The summed E-state index contributed by atoms with van der Waals surface area (Å²) in [5.74, 6) is 1.33. The molecule has 3 nitrogen and oxygen atoms in total. The van der Waals surface area contributed by atoms with Crippen LogP contribution in [0, 0.1) is 0 Å². The van der Waals surface area contributed by atoms with Gasteiger partial charge >= 0.3 is 0 Å². The van der Waals surface area contributed by atoms with Crippen LogP contribution in [-0.2, 0) is 0 Å². The van der Waals surface area contributed by atoms with Crippen LogP contribution >= 0.6 is 11.8 Å². The number of piperidine rings is 1. The van der Waals surface area contributed by atoms with Gasteiger partial charge in [-0.05, 0) is 38.0 Å². The van der Waals surface area contributed by atoms with Crippen molar-refractivity contribution in [2.24, 2.45) is 5.73 Å². The Morgan fingerprint density at radius 2 is 2.11 bits per heavy atom. The van der Waals surface area contributed by atoms with Gasteiger partial charge in [-0.25, -0.2) is 0 Å². The summed E-state index contributed by atoms with van der Waals surface area (Å²) < 4.78 is 0. The van der Waals surface area contributed by atoms with E-state index in [0.717, 1.165) is 12.6 Å². The molecule has 3 heterocycles. The molecule has 4 heteroatoms. The van der Waals surface area contributed by atoms with E-state index in [1.54, 1.807) is 0 Å². The molecule has 0 radical (unpaired) electrons. The molecule has 0 aromatic carbocycles. The number of piperazine rings is 1. The largest absolute Gasteiger partial charge is 0.329 e. The Bertz CT molecular complexity index is 312. The van der Waals surface area contributed by atoms with E-state index in [9.17, 15) is 0 Å². The second-order valence-corrected chi connectivity index (χ2v) is 8.00. The second kappa shape index (κ2) is 5.92. The fourth-order valence-corrected chi connectivity index (χ4v) is 5.71. The van der Waals surface area contributed by atoms with Crippen LogP contribution in [0.5, 0.6) is 0 Å². The van der Waals surface area contributed by atoms with Crippen molar-refractivity contribution in [3.05, 3.63) is 0 Å². The summed E-state index contributed by atoms with van der Waals surface area (Å²) in [6.07, 6.45) is 6.89. The molecule has 3 atom stereocenters. The Kier molecular flexibility index (Phi) is 4.42. The predicted octanol–water partition coefficient (Wildman–Crippen LogP) is 1.77. The smallest absolute Gasteiger partial charge is 0.0448 e. The van der Waals surface area contributed by atoms with Crippen molar-refractivity contribution in [2.45, 2.75) is 55.9 Å². The van der Waals surface area contributed by atoms with E-state index < -0.39 is 0 Å². The average molecular weight is 283 g/mol. The number of hydrogen-bond acceptors (Lipinski definition) is 4. The molecule has 0 aromatic heterocycles. The highest BCUT2D eigenvalue weighted by atomic mass is 32.2. The maximum Gasteiger partial charge on any atom is 0.0448 e. The van der Waals surface area contributed by atoms with Gasteiger partial charge in [-0.3, -0.25) is 9.80 Å². The molecule has 0 aromatic rings. The standard InChI is InChI=1S/C15H29N3S/c1-13-15(12-16,6-4-10-19-13)18-9-8-17-7-3-2-5-14(17)11-18/h13-14H,2-12,16H2,1H3. The quantitative estimate of drug-likeness (QED) is 0.837. The first kappa shape index (κ1) is 14.2. The molecule has 3 aliphatic rings. The highest BCUT2D eigenvalue weighted by Crippen LogP contribution is 2.39. The van der Waals surface area contributed by atoms with E-state index in [-0.39, 0.29) is 5.54 Å². The first-order chi connectivity index (χ1) is 9.26. The third-order valence-corrected chi connectivity index (χ3v) is 7.16. The van der Waals surface area contributed by atoms with Gasteiger partial charge in [0.05, 0.1) is 0 Å². The highest BCUT2D eigenvalue weighted by Gasteiger charge is 2.45. The Morgan fingerprint density at radius 3 is 2.89 bits per heavy atom. The molecule has 3 saturated heterocycles. The molecule has 2 N–H and O–H groups in total. The van der Waals surface area contributed by atoms with Crippen LogP contribution in [0.4, 0.5) is 0 Å². The van der Waals surface area contributed by atoms with Crippen LogP contribution < -0.4 is 5.73 Å². The van der Waals surface area contributed by atoms with Gasteiger partial charge in [0.25, 0.3) is 0 Å². The van der Waals surface area contributed by atoms with E-state index in [1.165, 1.54) is 64.0 Å². The number of nitrogens with zero attached hydrogens (tertiary/aromatic N) is 2. The lowest BCUT2D eigenvalue weighted by molar-refractivity contribution is -0.0155. The highest BCUT2D eigenvalue weighted by molar-refractivity contribution is 8.00. The zero-order valence-corrected chi connectivity index (χ0v) is 13.1. The van der Waals surface area contributed by atoms with Gasteiger partial charge in [0.1, 0.15) is 0 Å². The fraction of sp³-hybridized carbons (Fsp3) is 1.00. The molecule has 3 aliphatic heterocycles. The van der Waals surface area contributed by atoms with Crippen molar-refractivity contribution in [3.8, 4) is 0 Å². The topological polar surface area (TPSA) is 32.5 Å². The summed E-state index contributed by atoms with van der Waals surface area (Å²) in [4.78, 5) is 5.50. The Labute approximate surface area is 122 Å². The van der Waals surface area contributed by atoms with Crippen LogP contribution in [0.3, 0.4) is 0 Å². The van der Waals surface area contributed by atoms with Gasteiger partial charge in [0, 0.05) is 43.0 Å². The molecule has 110 valence electrons. The van der Waals surface area contributed by atoms with Gasteiger partial charge < -0.3 is 5.73 Å². The summed E-state index contributed by atoms with van der Waals surface area (Å²) in [5, 5.41) is 0.696. The van der Waals surface area contributed by atoms with E-state index in [1.807, 2.05) is 0 Å². The fourth-order valence-electron chi connectivity index (χ4n) is 4.37. The number of nitrogens with two attached hydrogens (primary N) is 1. The molecule has 0 saturated carbocycles. The van der Waals surface area contributed by atoms with Gasteiger partial charge in [-0.1, -0.05) is 13.3 Å². The lowest BCUT2D eigenvalue weighted by Gasteiger charge is -2.55. The lowest BCUT2D eigenvalue weighted by atomic mass is 9.85. The van der Waals surface area contributed by atoms with Crippen molar-refractivity contribution < 1.29 is 0 Å². The zero-order valence-electron chi connectivity index (χ0n) is 12.3. The van der Waals surface area contributed by atoms with E-state index in [4.69, 9.17) is 5.73 Å². The number of rotatable bonds is 2. The molecule has 0 amide bonds. The minimum atomic E-state index is 0.284. The maximum absolute atomic E-state index is 6.26. The second-order valence-electron chi connectivity index (χ2n) is 6.56. The van der Waals surface area contributed by atoms with Gasteiger partial charge in [-0.2, -0.15) is 11.8 Å². The van der Waals surface area contributed by atoms with Gasteiger partial charge in [0.15, 0.2) is 0 Å². The molecule has 3 fully saturated rings. The number of fused-ring (bicyclic) bond motifs is 1. The maximum atomic E-state index is 6.26. The SMILES string of the molecule is CC1SCCCC1(CN)N1CCN2CCCCC2C1. The molecule has 0 bridgehead atoms. The molecule has 19 heavy (non-hydrogen) atoms. The summed E-state index contributed by atoms with van der Waals surface area (Å²) in [6, 6.07) is 0.810. The van der Waals surface area contributed by atoms with E-state index in [2.05, 4.69) is 28.5 Å². The Balaban J connectivity index is 1.73. The van der Waals surface area contributed by atoms with Crippen molar-refractivity contribution in [1.82, 2.24) is 9.80 Å². The van der Waals surface area contributed by atoms with Crippen LogP contribution in [0.1, 0.15) is 39.0 Å². The monoisotopic (exact) mass is 283 g/mol. The minimum absolute atomic E-state index is 0.284. The van der Waals surface area contributed by atoms with Crippen LogP contribution in [0.2, 0.25) is 0 Å². The average Bonchev–Trinajstić information content (AvgIpc) is 2.47. The third-order valence-electron chi connectivity index (χ3n) is 5.70. The summed E-state index contributed by atoms with van der Waals surface area (Å²) in [7, 11) is 0. The number of hydrogen-bond donors (Lipinski definition) is 1. The Hall–Kier alpha value is 0.230. The van der Waals surface area contributed by atoms with Crippen LogP contribution in [-0.4, -0.2) is 65.1 Å².